The number of rotatable bonds is 7. The molecule has 0 aromatic heterocycles. The topological polar surface area (TPSA) is 30.5 Å². The summed E-state index contributed by atoms with van der Waals surface area (Å²) in [6.45, 7) is 2.58. The van der Waals surface area contributed by atoms with E-state index in [9.17, 15) is 0 Å². The molecule has 3 rings (SSSR count). The van der Waals surface area contributed by atoms with E-state index in [-0.39, 0.29) is 0 Å². The first-order chi connectivity index (χ1) is 9.81. The van der Waals surface area contributed by atoms with Gasteiger partial charge in [-0.2, -0.15) is 0 Å². The fourth-order valence-electron chi connectivity index (χ4n) is 2.49. The first-order valence-corrected chi connectivity index (χ1v) is 8.37. The maximum absolute atomic E-state index is 5.84. The molecule has 1 aromatic rings. The third-order valence-corrected chi connectivity index (χ3v) is 4.51. The highest BCUT2D eigenvalue weighted by Crippen LogP contribution is 2.27. The fraction of sp³-hybridized carbons (Fsp3) is 0.625. The van der Waals surface area contributed by atoms with Crippen molar-refractivity contribution in [1.82, 2.24) is 5.32 Å². The number of benzene rings is 1. The molecule has 1 saturated heterocycles. The second-order valence-electron chi connectivity index (χ2n) is 5.69. The van der Waals surface area contributed by atoms with Gasteiger partial charge in [-0.15, -0.1) is 0 Å². The SMILES string of the molecule is Brc1cc(CNC2CC2)ccc1OCCC1CCCO1. The molecule has 1 aliphatic heterocycles. The number of nitrogens with one attached hydrogen (secondary N) is 1. The molecule has 2 aliphatic rings. The first-order valence-electron chi connectivity index (χ1n) is 7.57. The van der Waals surface area contributed by atoms with Crippen molar-refractivity contribution in [3.8, 4) is 5.75 Å². The molecule has 1 heterocycles. The molecular weight excluding hydrogens is 318 g/mol. The second-order valence-corrected chi connectivity index (χ2v) is 6.55. The van der Waals surface area contributed by atoms with Gasteiger partial charge in [-0.1, -0.05) is 6.07 Å². The molecule has 2 fully saturated rings. The zero-order chi connectivity index (χ0) is 13.8. The lowest BCUT2D eigenvalue weighted by atomic mass is 10.2. The predicted octanol–water partition coefficient (Wildman–Crippen LogP) is 3.65. The molecule has 4 heteroatoms. The number of halogens is 1. The molecular formula is C16H22BrNO2. The van der Waals surface area contributed by atoms with Gasteiger partial charge in [0.1, 0.15) is 5.75 Å². The Hall–Kier alpha value is -0.580. The number of hydrogen-bond acceptors (Lipinski definition) is 3. The van der Waals surface area contributed by atoms with Crippen molar-refractivity contribution in [3.63, 3.8) is 0 Å². The van der Waals surface area contributed by atoms with E-state index in [0.29, 0.717) is 6.10 Å². The zero-order valence-electron chi connectivity index (χ0n) is 11.7. The van der Waals surface area contributed by atoms with Gasteiger partial charge in [-0.3, -0.25) is 0 Å². The van der Waals surface area contributed by atoms with Gasteiger partial charge >= 0.3 is 0 Å². The molecule has 0 bridgehead atoms. The summed E-state index contributed by atoms with van der Waals surface area (Å²) in [6, 6.07) is 7.10. The van der Waals surface area contributed by atoms with Crippen molar-refractivity contribution in [2.45, 2.75) is 50.8 Å². The van der Waals surface area contributed by atoms with Crippen molar-refractivity contribution in [3.05, 3.63) is 28.2 Å². The Morgan fingerprint density at radius 2 is 2.20 bits per heavy atom. The lowest BCUT2D eigenvalue weighted by Gasteiger charge is -2.12. The lowest BCUT2D eigenvalue weighted by Crippen LogP contribution is -2.15. The van der Waals surface area contributed by atoms with Crippen LogP contribution < -0.4 is 10.1 Å². The minimum Gasteiger partial charge on any atom is -0.492 e. The molecule has 1 atom stereocenters. The quantitative estimate of drug-likeness (QED) is 0.822. The van der Waals surface area contributed by atoms with E-state index < -0.39 is 0 Å². The van der Waals surface area contributed by atoms with E-state index in [0.717, 1.165) is 42.4 Å². The molecule has 1 aromatic carbocycles. The van der Waals surface area contributed by atoms with E-state index in [1.807, 2.05) is 0 Å². The summed E-state index contributed by atoms with van der Waals surface area (Å²) in [5.74, 6) is 0.929. The summed E-state index contributed by atoms with van der Waals surface area (Å²) < 4.78 is 12.5. The van der Waals surface area contributed by atoms with Crippen molar-refractivity contribution in [2.75, 3.05) is 13.2 Å². The number of ether oxygens (including phenoxy) is 2. The molecule has 110 valence electrons. The summed E-state index contributed by atoms with van der Waals surface area (Å²) >= 11 is 3.60. The van der Waals surface area contributed by atoms with Crippen molar-refractivity contribution >= 4 is 15.9 Å². The highest BCUT2D eigenvalue weighted by Gasteiger charge is 2.20. The van der Waals surface area contributed by atoms with Crippen LogP contribution in [0.2, 0.25) is 0 Å². The Balaban J connectivity index is 1.45. The summed E-state index contributed by atoms with van der Waals surface area (Å²) in [5, 5.41) is 3.52. The Kier molecular flexibility index (Phi) is 4.97. The van der Waals surface area contributed by atoms with Gasteiger partial charge in [0.2, 0.25) is 0 Å². The van der Waals surface area contributed by atoms with Gasteiger partial charge in [0.15, 0.2) is 0 Å². The standard InChI is InChI=1S/C16H22BrNO2/c17-15-10-12(11-18-13-4-5-13)3-6-16(15)20-9-7-14-2-1-8-19-14/h3,6,10,13-14,18H,1-2,4-5,7-9,11H2. The minimum absolute atomic E-state index is 0.399. The van der Waals surface area contributed by atoms with Gasteiger partial charge in [0.05, 0.1) is 17.2 Å². The molecule has 0 spiro atoms. The van der Waals surface area contributed by atoms with Gasteiger partial charge < -0.3 is 14.8 Å². The predicted molar refractivity (Wildman–Crippen MR) is 83.1 cm³/mol. The van der Waals surface area contributed by atoms with Gasteiger partial charge in [-0.25, -0.2) is 0 Å². The second kappa shape index (κ2) is 6.92. The normalized spacial score (nSPS) is 22.1. The summed E-state index contributed by atoms with van der Waals surface area (Å²) in [5.41, 5.74) is 1.30. The van der Waals surface area contributed by atoms with Crippen molar-refractivity contribution in [1.29, 1.82) is 0 Å². The van der Waals surface area contributed by atoms with Gasteiger partial charge in [0, 0.05) is 25.6 Å². The van der Waals surface area contributed by atoms with Crippen molar-refractivity contribution in [2.24, 2.45) is 0 Å². The van der Waals surface area contributed by atoms with Crippen LogP contribution in [-0.2, 0) is 11.3 Å². The van der Waals surface area contributed by atoms with E-state index in [4.69, 9.17) is 9.47 Å². The maximum atomic E-state index is 5.84. The molecule has 1 N–H and O–H groups in total. The van der Waals surface area contributed by atoms with Crippen LogP contribution >= 0.6 is 15.9 Å². The average molecular weight is 340 g/mol. The minimum atomic E-state index is 0.399. The summed E-state index contributed by atoms with van der Waals surface area (Å²) in [6.07, 6.45) is 6.40. The van der Waals surface area contributed by atoms with Crippen LogP contribution in [0.3, 0.4) is 0 Å². The van der Waals surface area contributed by atoms with Crippen LogP contribution in [0.1, 0.15) is 37.7 Å². The smallest absolute Gasteiger partial charge is 0.133 e. The van der Waals surface area contributed by atoms with Crippen LogP contribution in [0, 0.1) is 0 Å². The van der Waals surface area contributed by atoms with E-state index in [2.05, 4.69) is 39.4 Å². The van der Waals surface area contributed by atoms with E-state index in [1.165, 1.54) is 31.2 Å². The fourth-order valence-corrected chi connectivity index (χ4v) is 3.03. The average Bonchev–Trinajstić information content (AvgIpc) is 3.14. The third-order valence-electron chi connectivity index (χ3n) is 3.89. The maximum Gasteiger partial charge on any atom is 0.133 e. The molecule has 3 nitrogen and oxygen atoms in total. The van der Waals surface area contributed by atoms with Gasteiger partial charge in [-0.05, 0) is 59.3 Å². The van der Waals surface area contributed by atoms with Crippen LogP contribution in [-0.4, -0.2) is 25.4 Å². The Labute approximate surface area is 129 Å². The summed E-state index contributed by atoms with van der Waals surface area (Å²) in [7, 11) is 0. The molecule has 1 saturated carbocycles. The van der Waals surface area contributed by atoms with E-state index >= 15 is 0 Å². The molecule has 1 unspecified atom stereocenters. The van der Waals surface area contributed by atoms with Crippen LogP contribution in [0.5, 0.6) is 5.75 Å². The van der Waals surface area contributed by atoms with Crippen LogP contribution in [0.15, 0.2) is 22.7 Å². The Morgan fingerprint density at radius 1 is 1.30 bits per heavy atom. The molecule has 1 aliphatic carbocycles. The monoisotopic (exact) mass is 339 g/mol. The Morgan fingerprint density at radius 3 is 2.90 bits per heavy atom. The highest BCUT2D eigenvalue weighted by molar-refractivity contribution is 9.10. The molecule has 0 amide bonds. The van der Waals surface area contributed by atoms with Gasteiger partial charge in [0.25, 0.3) is 0 Å². The Bertz CT molecular complexity index is 442. The van der Waals surface area contributed by atoms with Crippen molar-refractivity contribution < 1.29 is 9.47 Å². The van der Waals surface area contributed by atoms with Crippen LogP contribution in [0.4, 0.5) is 0 Å². The third kappa shape index (κ3) is 4.21. The summed E-state index contributed by atoms with van der Waals surface area (Å²) in [4.78, 5) is 0. The largest absolute Gasteiger partial charge is 0.492 e. The highest BCUT2D eigenvalue weighted by atomic mass is 79.9. The zero-order valence-corrected chi connectivity index (χ0v) is 13.3. The molecule has 20 heavy (non-hydrogen) atoms. The first kappa shape index (κ1) is 14.4. The number of hydrogen-bond donors (Lipinski definition) is 1. The van der Waals surface area contributed by atoms with Crippen LogP contribution in [0.25, 0.3) is 0 Å². The lowest BCUT2D eigenvalue weighted by molar-refractivity contribution is 0.0902. The molecule has 0 radical (unpaired) electrons. The van der Waals surface area contributed by atoms with E-state index in [1.54, 1.807) is 0 Å².